The van der Waals surface area contributed by atoms with Gasteiger partial charge < -0.3 is 9.94 Å². The monoisotopic (exact) mass is 297 g/mol. The van der Waals surface area contributed by atoms with Crippen molar-refractivity contribution in [1.29, 1.82) is 0 Å². The van der Waals surface area contributed by atoms with Gasteiger partial charge in [-0.25, -0.2) is 9.97 Å². The fraction of sp³-hybridized carbons (Fsp3) is 0.188. The van der Waals surface area contributed by atoms with Crippen LogP contribution in [0.2, 0.25) is 0 Å². The highest BCUT2D eigenvalue weighted by molar-refractivity contribution is 5.83. The Morgan fingerprint density at radius 1 is 1.23 bits per heavy atom. The predicted octanol–water partition coefficient (Wildman–Crippen LogP) is 1.69. The molecule has 0 radical (unpaired) electrons. The Morgan fingerprint density at radius 3 is 2.73 bits per heavy atom. The van der Waals surface area contributed by atoms with Crippen molar-refractivity contribution in [2.45, 2.75) is 20.0 Å². The maximum Gasteiger partial charge on any atom is 0.288 e. The summed E-state index contributed by atoms with van der Waals surface area (Å²) in [7, 11) is 0. The molecule has 22 heavy (non-hydrogen) atoms. The van der Waals surface area contributed by atoms with E-state index in [4.69, 9.17) is 4.84 Å². The highest BCUT2D eigenvalue weighted by Gasteiger charge is 2.14. The van der Waals surface area contributed by atoms with E-state index in [0.29, 0.717) is 17.5 Å². The number of aryl methyl sites for hydroxylation is 1. The van der Waals surface area contributed by atoms with Gasteiger partial charge in [-0.3, -0.25) is 4.79 Å². The molecule has 0 aliphatic heterocycles. The number of aromatic nitrogens is 3. The first-order chi connectivity index (χ1) is 10.7. The van der Waals surface area contributed by atoms with Crippen molar-refractivity contribution in [3.05, 3.63) is 64.3 Å². The smallest absolute Gasteiger partial charge is 0.288 e. The third-order valence-corrected chi connectivity index (χ3v) is 3.35. The quantitative estimate of drug-likeness (QED) is 0.793. The zero-order valence-electron chi connectivity index (χ0n) is 12.1. The van der Waals surface area contributed by atoms with Crippen LogP contribution in [0.4, 0.5) is 0 Å². The van der Waals surface area contributed by atoms with E-state index in [9.17, 15) is 9.90 Å². The van der Waals surface area contributed by atoms with Crippen molar-refractivity contribution in [3.63, 3.8) is 0 Å². The summed E-state index contributed by atoms with van der Waals surface area (Å²) in [6.45, 7) is 2.15. The molecule has 1 aromatic carbocycles. The minimum Gasteiger partial charge on any atom is -0.507 e. The Labute approximate surface area is 126 Å². The Bertz CT molecular complexity index is 860. The second-order valence-corrected chi connectivity index (χ2v) is 4.79. The number of rotatable bonds is 4. The lowest BCUT2D eigenvalue weighted by molar-refractivity contribution is 0.0975. The van der Waals surface area contributed by atoms with Gasteiger partial charge in [-0.2, -0.15) is 0 Å². The van der Waals surface area contributed by atoms with Crippen LogP contribution in [0.1, 0.15) is 18.2 Å². The molecule has 0 fully saturated rings. The number of pyridine rings is 1. The number of hydrogen-bond donors (Lipinski definition) is 1. The van der Waals surface area contributed by atoms with Crippen LogP contribution >= 0.6 is 0 Å². The van der Waals surface area contributed by atoms with E-state index in [-0.39, 0.29) is 18.0 Å². The number of fused-ring (bicyclic) bond motifs is 1. The van der Waals surface area contributed by atoms with Gasteiger partial charge >= 0.3 is 0 Å². The largest absolute Gasteiger partial charge is 0.507 e. The zero-order chi connectivity index (χ0) is 15.5. The molecular formula is C16H15N3O3. The Hall–Kier alpha value is -2.89. The molecule has 0 bridgehead atoms. The van der Waals surface area contributed by atoms with Crippen molar-refractivity contribution in [3.8, 4) is 5.75 Å². The molecule has 6 nitrogen and oxygen atoms in total. The average Bonchev–Trinajstić information content (AvgIpc) is 2.54. The van der Waals surface area contributed by atoms with Crippen LogP contribution in [0.5, 0.6) is 5.75 Å². The molecule has 0 spiro atoms. The molecule has 0 saturated carbocycles. The Morgan fingerprint density at radius 2 is 2.00 bits per heavy atom. The highest BCUT2D eigenvalue weighted by Crippen LogP contribution is 2.23. The van der Waals surface area contributed by atoms with Gasteiger partial charge in [0.2, 0.25) is 0 Å². The minimum atomic E-state index is -0.471. The Balaban J connectivity index is 2.07. The first-order valence-electron chi connectivity index (χ1n) is 6.96. The maximum absolute atomic E-state index is 12.1. The molecule has 3 rings (SSSR count). The zero-order valence-corrected chi connectivity index (χ0v) is 12.1. The second-order valence-electron chi connectivity index (χ2n) is 4.79. The summed E-state index contributed by atoms with van der Waals surface area (Å²) in [5.74, 6) is -0.128. The normalized spacial score (nSPS) is 10.8. The first-order valence-corrected chi connectivity index (χ1v) is 6.96. The molecule has 0 aliphatic carbocycles. The van der Waals surface area contributed by atoms with E-state index >= 15 is 0 Å². The van der Waals surface area contributed by atoms with Crippen molar-refractivity contribution in [2.24, 2.45) is 0 Å². The van der Waals surface area contributed by atoms with Crippen molar-refractivity contribution >= 4 is 11.0 Å². The molecule has 0 amide bonds. The summed E-state index contributed by atoms with van der Waals surface area (Å²) in [6.07, 6.45) is 1.98. The van der Waals surface area contributed by atoms with Gasteiger partial charge in [0.15, 0.2) is 5.65 Å². The maximum atomic E-state index is 12.1. The molecule has 1 N–H and O–H groups in total. The van der Waals surface area contributed by atoms with Crippen LogP contribution in [0, 0.1) is 0 Å². The molecule has 0 unspecified atom stereocenters. The molecule has 6 heteroatoms. The van der Waals surface area contributed by atoms with Crippen LogP contribution in [-0.4, -0.2) is 19.8 Å². The van der Waals surface area contributed by atoms with E-state index in [1.165, 1.54) is 6.33 Å². The summed E-state index contributed by atoms with van der Waals surface area (Å²) < 4.78 is 1.10. The van der Waals surface area contributed by atoms with Gasteiger partial charge in [0, 0.05) is 6.07 Å². The van der Waals surface area contributed by atoms with E-state index in [1.54, 1.807) is 0 Å². The predicted molar refractivity (Wildman–Crippen MR) is 81.6 cm³/mol. The van der Waals surface area contributed by atoms with Gasteiger partial charge in [-0.15, -0.1) is 4.73 Å². The Kier molecular flexibility index (Phi) is 3.74. The number of hydrogen-bond acceptors (Lipinski definition) is 5. The van der Waals surface area contributed by atoms with Crippen LogP contribution in [0.15, 0.2) is 47.5 Å². The highest BCUT2D eigenvalue weighted by atomic mass is 16.7. The minimum absolute atomic E-state index is 0.128. The van der Waals surface area contributed by atoms with Crippen molar-refractivity contribution < 1.29 is 9.94 Å². The number of nitrogens with zero attached hydrogens (tertiary/aromatic N) is 3. The van der Waals surface area contributed by atoms with Crippen LogP contribution in [-0.2, 0) is 13.0 Å². The summed E-state index contributed by atoms with van der Waals surface area (Å²) in [5, 5.41) is 10.5. The fourth-order valence-corrected chi connectivity index (χ4v) is 2.29. The second kappa shape index (κ2) is 5.85. The molecule has 0 aliphatic rings. The lowest BCUT2D eigenvalue weighted by Gasteiger charge is -2.12. The fourth-order valence-electron chi connectivity index (χ4n) is 2.29. The molecule has 112 valence electrons. The third kappa shape index (κ3) is 2.50. The van der Waals surface area contributed by atoms with Gasteiger partial charge in [0.1, 0.15) is 18.7 Å². The molecule has 2 heterocycles. The van der Waals surface area contributed by atoms with E-state index in [0.717, 1.165) is 16.4 Å². The van der Waals surface area contributed by atoms with Gasteiger partial charge in [-0.1, -0.05) is 37.3 Å². The van der Waals surface area contributed by atoms with Crippen LogP contribution in [0.3, 0.4) is 0 Å². The van der Waals surface area contributed by atoms with E-state index in [1.807, 2.05) is 37.3 Å². The van der Waals surface area contributed by atoms with Gasteiger partial charge in [0.05, 0.1) is 11.1 Å². The molecule has 3 aromatic rings. The standard InChI is InChI=1S/C16H15N3O3/c1-2-12-15-13(20)8-14(21)19(16(15)18-10-17-12)22-9-11-6-4-3-5-7-11/h3-8,10,20H,2,9H2,1H3. The number of aromatic hydroxyl groups is 1. The third-order valence-electron chi connectivity index (χ3n) is 3.35. The van der Waals surface area contributed by atoms with E-state index in [2.05, 4.69) is 9.97 Å². The van der Waals surface area contributed by atoms with Crippen molar-refractivity contribution in [2.75, 3.05) is 0 Å². The van der Waals surface area contributed by atoms with Gasteiger partial charge in [0.25, 0.3) is 5.56 Å². The molecule has 0 atom stereocenters. The lowest BCUT2D eigenvalue weighted by Crippen LogP contribution is -2.27. The van der Waals surface area contributed by atoms with E-state index < -0.39 is 5.56 Å². The average molecular weight is 297 g/mol. The summed E-state index contributed by atoms with van der Waals surface area (Å²) in [4.78, 5) is 25.9. The summed E-state index contributed by atoms with van der Waals surface area (Å²) >= 11 is 0. The first kappa shape index (κ1) is 14.1. The SMILES string of the molecule is CCc1ncnc2c1c(O)cc(=O)n2OCc1ccccc1. The van der Waals surface area contributed by atoms with Crippen molar-refractivity contribution in [1.82, 2.24) is 14.7 Å². The number of benzene rings is 1. The molecular weight excluding hydrogens is 282 g/mol. The lowest BCUT2D eigenvalue weighted by atomic mass is 10.2. The van der Waals surface area contributed by atoms with Crippen LogP contribution in [0.25, 0.3) is 11.0 Å². The van der Waals surface area contributed by atoms with Gasteiger partial charge in [-0.05, 0) is 12.0 Å². The molecule has 0 saturated heterocycles. The summed E-state index contributed by atoms with van der Waals surface area (Å²) in [6, 6.07) is 10.6. The molecule has 2 aromatic heterocycles. The summed E-state index contributed by atoms with van der Waals surface area (Å²) in [5.41, 5.74) is 1.40. The van der Waals surface area contributed by atoms with Crippen LogP contribution < -0.4 is 10.4 Å². The topological polar surface area (TPSA) is 77.2 Å².